The molecule has 0 N–H and O–H groups in total. The second kappa shape index (κ2) is 9.47. The summed E-state index contributed by atoms with van der Waals surface area (Å²) < 4.78 is 5.15. The highest BCUT2D eigenvalue weighted by atomic mass is 16.5. The van der Waals surface area contributed by atoms with Gasteiger partial charge in [0.25, 0.3) is 0 Å². The van der Waals surface area contributed by atoms with Crippen LogP contribution in [0.25, 0.3) is 0 Å². The number of hydrogen-bond donors (Lipinski definition) is 0. The van der Waals surface area contributed by atoms with Gasteiger partial charge in [0.05, 0.1) is 19.3 Å². The minimum Gasteiger partial charge on any atom is -0.378 e. The molecule has 2 heteroatoms. The third-order valence-electron chi connectivity index (χ3n) is 2.53. The molecule has 2 fully saturated rings. The fourth-order valence-electron chi connectivity index (χ4n) is 1.72. The molecule has 0 aromatic carbocycles. The Morgan fingerprint density at radius 3 is 1.71 bits per heavy atom. The van der Waals surface area contributed by atoms with E-state index in [1.54, 1.807) is 0 Å². The molecule has 2 heterocycles. The number of piperidine rings is 1. The van der Waals surface area contributed by atoms with Gasteiger partial charge in [0.1, 0.15) is 0 Å². The zero-order valence-electron chi connectivity index (χ0n) is 10.4. The molecule has 14 heavy (non-hydrogen) atoms. The molecule has 0 radical (unpaired) electrons. The molecule has 0 unspecified atom stereocenters. The van der Waals surface area contributed by atoms with E-state index in [1.165, 1.54) is 32.4 Å². The van der Waals surface area contributed by atoms with Crippen LogP contribution in [0.3, 0.4) is 0 Å². The van der Waals surface area contributed by atoms with Crippen molar-refractivity contribution in [2.24, 2.45) is 0 Å². The second-order valence-electron chi connectivity index (χ2n) is 3.29. The molecule has 2 nitrogen and oxygen atoms in total. The van der Waals surface area contributed by atoms with Crippen LogP contribution in [0.4, 0.5) is 0 Å². The van der Waals surface area contributed by atoms with Crippen molar-refractivity contribution in [3.05, 3.63) is 0 Å². The lowest BCUT2D eigenvalue weighted by Crippen LogP contribution is -2.50. The van der Waals surface area contributed by atoms with E-state index in [9.17, 15) is 0 Å². The molecular weight excluding hydrogens is 174 g/mol. The molecular formula is C12H27NO. The maximum Gasteiger partial charge on any atom is 0.0645 e. The van der Waals surface area contributed by atoms with Gasteiger partial charge in [-0.05, 0) is 25.9 Å². The molecule has 0 saturated carbocycles. The van der Waals surface area contributed by atoms with Crippen LogP contribution in [0, 0.1) is 0 Å². The average Bonchev–Trinajstić information content (AvgIpc) is 2.23. The van der Waals surface area contributed by atoms with Gasteiger partial charge in [-0.15, -0.1) is 0 Å². The molecule has 2 aliphatic heterocycles. The Morgan fingerprint density at radius 2 is 1.36 bits per heavy atom. The molecule has 0 amide bonds. The molecule has 0 spiro atoms. The quantitative estimate of drug-likeness (QED) is 0.647. The molecule has 0 atom stereocenters. The molecule has 2 rings (SSSR count). The third kappa shape index (κ3) is 4.43. The summed E-state index contributed by atoms with van der Waals surface area (Å²) in [5, 5.41) is 0. The van der Waals surface area contributed by atoms with E-state index in [-0.39, 0.29) is 0 Å². The maximum atomic E-state index is 5.15. The van der Waals surface area contributed by atoms with Crippen molar-refractivity contribution in [3.8, 4) is 0 Å². The lowest BCUT2D eigenvalue weighted by molar-refractivity contribution is -0.0698. The van der Waals surface area contributed by atoms with E-state index >= 15 is 0 Å². The Morgan fingerprint density at radius 1 is 0.857 bits per heavy atom. The molecule has 2 saturated heterocycles. The Balaban J connectivity index is 0.000000379. The van der Waals surface area contributed by atoms with Crippen molar-refractivity contribution in [2.45, 2.75) is 53.0 Å². The van der Waals surface area contributed by atoms with Gasteiger partial charge in [0.15, 0.2) is 0 Å². The molecule has 0 bridgehead atoms. The van der Waals surface area contributed by atoms with Gasteiger partial charge in [-0.25, -0.2) is 0 Å². The monoisotopic (exact) mass is 201 g/mol. The van der Waals surface area contributed by atoms with Gasteiger partial charge in [-0.3, -0.25) is 4.90 Å². The number of rotatable bonds is 1. The fourth-order valence-corrected chi connectivity index (χ4v) is 1.72. The number of nitrogens with zero attached hydrogens (tertiary/aromatic N) is 1. The topological polar surface area (TPSA) is 12.5 Å². The zero-order valence-corrected chi connectivity index (χ0v) is 10.4. The summed E-state index contributed by atoms with van der Waals surface area (Å²) in [6.07, 6.45) is 4.23. The van der Waals surface area contributed by atoms with Crippen molar-refractivity contribution < 1.29 is 4.74 Å². The first-order chi connectivity index (χ1) is 6.97. The van der Waals surface area contributed by atoms with Crippen molar-refractivity contribution in [1.29, 1.82) is 0 Å². The van der Waals surface area contributed by atoms with Crippen LogP contribution >= 0.6 is 0 Å². The first kappa shape index (κ1) is 13.9. The fraction of sp³-hybridized carbons (Fsp3) is 1.00. The average molecular weight is 201 g/mol. The SMILES string of the molecule is C1CCN(C2COC2)CC1.CC.CC. The van der Waals surface area contributed by atoms with E-state index in [0.29, 0.717) is 0 Å². The van der Waals surface area contributed by atoms with Gasteiger partial charge in [-0.2, -0.15) is 0 Å². The minimum absolute atomic E-state index is 0.778. The van der Waals surface area contributed by atoms with Gasteiger partial charge >= 0.3 is 0 Å². The molecule has 2 aliphatic rings. The summed E-state index contributed by atoms with van der Waals surface area (Å²) in [5.74, 6) is 0. The van der Waals surface area contributed by atoms with Crippen LogP contribution in [0.5, 0.6) is 0 Å². The molecule has 0 aliphatic carbocycles. The number of hydrogen-bond acceptors (Lipinski definition) is 2. The summed E-state index contributed by atoms with van der Waals surface area (Å²) >= 11 is 0. The first-order valence-corrected chi connectivity index (χ1v) is 6.28. The van der Waals surface area contributed by atoms with Gasteiger partial charge < -0.3 is 4.74 Å². The van der Waals surface area contributed by atoms with Crippen LogP contribution in [0.15, 0.2) is 0 Å². The van der Waals surface area contributed by atoms with Crippen molar-refractivity contribution >= 4 is 0 Å². The van der Waals surface area contributed by atoms with E-state index in [1.807, 2.05) is 27.7 Å². The predicted molar refractivity (Wildman–Crippen MR) is 62.7 cm³/mol. The van der Waals surface area contributed by atoms with E-state index in [0.717, 1.165) is 19.3 Å². The van der Waals surface area contributed by atoms with Gasteiger partial charge in [0, 0.05) is 0 Å². The summed E-state index contributed by atoms with van der Waals surface area (Å²) in [7, 11) is 0. The Bertz CT molecular complexity index is 107. The number of likely N-dealkylation sites (tertiary alicyclic amines) is 1. The largest absolute Gasteiger partial charge is 0.378 e. The van der Waals surface area contributed by atoms with Crippen LogP contribution in [0.1, 0.15) is 47.0 Å². The van der Waals surface area contributed by atoms with Crippen LogP contribution in [-0.2, 0) is 4.74 Å². The first-order valence-electron chi connectivity index (χ1n) is 6.28. The summed E-state index contributed by atoms with van der Waals surface area (Å²) in [4.78, 5) is 2.58. The summed E-state index contributed by atoms with van der Waals surface area (Å²) in [6, 6.07) is 0.778. The van der Waals surface area contributed by atoms with Gasteiger partial charge in [0.2, 0.25) is 0 Å². The zero-order chi connectivity index (χ0) is 10.8. The van der Waals surface area contributed by atoms with Crippen LogP contribution < -0.4 is 0 Å². The lowest BCUT2D eigenvalue weighted by Gasteiger charge is -2.39. The van der Waals surface area contributed by atoms with E-state index in [2.05, 4.69) is 4.90 Å². The Kier molecular flexibility index (Phi) is 9.42. The second-order valence-corrected chi connectivity index (χ2v) is 3.29. The van der Waals surface area contributed by atoms with Crippen molar-refractivity contribution in [1.82, 2.24) is 4.90 Å². The number of ether oxygens (including phenoxy) is 1. The maximum absolute atomic E-state index is 5.15. The standard InChI is InChI=1S/C8H15NO.2C2H6/c1-2-4-9(5-3-1)8-6-10-7-8;2*1-2/h8H,1-7H2;2*1-2H3. The molecule has 86 valence electrons. The molecule has 0 aromatic heterocycles. The summed E-state index contributed by atoms with van der Waals surface area (Å²) in [5.41, 5.74) is 0. The summed E-state index contributed by atoms with van der Waals surface area (Å²) in [6.45, 7) is 12.6. The van der Waals surface area contributed by atoms with Gasteiger partial charge in [-0.1, -0.05) is 34.1 Å². The Labute approximate surface area is 89.6 Å². The van der Waals surface area contributed by atoms with E-state index < -0.39 is 0 Å². The van der Waals surface area contributed by atoms with E-state index in [4.69, 9.17) is 4.74 Å². The third-order valence-corrected chi connectivity index (χ3v) is 2.53. The van der Waals surface area contributed by atoms with Crippen molar-refractivity contribution in [2.75, 3.05) is 26.3 Å². The minimum atomic E-state index is 0.778. The molecule has 0 aromatic rings. The van der Waals surface area contributed by atoms with Crippen LogP contribution in [0.2, 0.25) is 0 Å². The highest BCUT2D eigenvalue weighted by Crippen LogP contribution is 2.16. The predicted octanol–water partition coefficient (Wildman–Crippen LogP) is 2.92. The highest BCUT2D eigenvalue weighted by molar-refractivity contribution is 4.79. The van der Waals surface area contributed by atoms with Crippen LogP contribution in [-0.4, -0.2) is 37.2 Å². The Hall–Kier alpha value is -0.0800. The lowest BCUT2D eigenvalue weighted by atomic mass is 10.1. The highest BCUT2D eigenvalue weighted by Gasteiger charge is 2.26. The van der Waals surface area contributed by atoms with Crippen molar-refractivity contribution in [3.63, 3.8) is 0 Å². The smallest absolute Gasteiger partial charge is 0.0645 e. The normalized spacial score (nSPS) is 22.3.